The largest absolute Gasteiger partial charge is 0.467 e. The topological polar surface area (TPSA) is 79.6 Å². The molecule has 0 bridgehead atoms. The van der Waals surface area contributed by atoms with E-state index in [-0.39, 0.29) is 11.7 Å². The Labute approximate surface area is 141 Å². The van der Waals surface area contributed by atoms with E-state index in [2.05, 4.69) is 5.32 Å². The van der Waals surface area contributed by atoms with E-state index in [1.54, 1.807) is 36.6 Å². The van der Waals surface area contributed by atoms with Crippen molar-refractivity contribution in [2.75, 3.05) is 16.6 Å². The lowest BCUT2D eigenvalue weighted by Gasteiger charge is -2.29. The van der Waals surface area contributed by atoms with Crippen molar-refractivity contribution >= 4 is 21.6 Å². The molecule has 1 aliphatic heterocycles. The summed E-state index contributed by atoms with van der Waals surface area (Å²) in [7, 11) is -3.25. The van der Waals surface area contributed by atoms with Crippen LogP contribution in [0.4, 0.5) is 5.69 Å². The third-order valence-corrected chi connectivity index (χ3v) is 5.94. The van der Waals surface area contributed by atoms with Crippen molar-refractivity contribution in [2.45, 2.75) is 26.3 Å². The fraction of sp³-hybridized carbons (Fsp3) is 0.353. The van der Waals surface area contributed by atoms with Crippen LogP contribution in [0.1, 0.15) is 34.5 Å². The molecule has 1 fully saturated rings. The van der Waals surface area contributed by atoms with Gasteiger partial charge in [0.2, 0.25) is 10.0 Å². The van der Waals surface area contributed by atoms with Gasteiger partial charge in [0.05, 0.1) is 24.2 Å². The number of rotatable bonds is 4. The van der Waals surface area contributed by atoms with Crippen molar-refractivity contribution in [2.24, 2.45) is 0 Å². The lowest BCUT2D eigenvalue weighted by Crippen LogP contribution is -2.38. The zero-order valence-electron chi connectivity index (χ0n) is 13.5. The number of nitrogens with one attached hydrogen (secondary N) is 1. The highest BCUT2D eigenvalue weighted by molar-refractivity contribution is 7.92. The highest BCUT2D eigenvalue weighted by Crippen LogP contribution is 2.27. The van der Waals surface area contributed by atoms with E-state index in [0.29, 0.717) is 36.5 Å². The molecule has 0 radical (unpaired) electrons. The quantitative estimate of drug-likeness (QED) is 0.920. The fourth-order valence-electron chi connectivity index (χ4n) is 2.82. The van der Waals surface area contributed by atoms with E-state index in [4.69, 9.17) is 4.42 Å². The Bertz CT molecular complexity index is 828. The predicted molar refractivity (Wildman–Crippen MR) is 91.4 cm³/mol. The number of carbonyl (C=O) groups excluding carboxylic acids is 1. The number of sulfonamides is 1. The van der Waals surface area contributed by atoms with Gasteiger partial charge in [0.15, 0.2) is 0 Å². The lowest BCUT2D eigenvalue weighted by atomic mass is 10.1. The summed E-state index contributed by atoms with van der Waals surface area (Å²) in [6.45, 7) is 2.63. The second kappa shape index (κ2) is 6.68. The van der Waals surface area contributed by atoms with Gasteiger partial charge >= 0.3 is 0 Å². The third kappa shape index (κ3) is 3.46. The first-order valence-corrected chi connectivity index (χ1v) is 9.50. The molecule has 0 unspecified atom stereocenters. The average molecular weight is 348 g/mol. The molecule has 128 valence electrons. The van der Waals surface area contributed by atoms with Crippen molar-refractivity contribution in [1.29, 1.82) is 0 Å². The summed E-state index contributed by atoms with van der Waals surface area (Å²) in [6, 6.07) is 8.64. The maximum Gasteiger partial charge on any atom is 0.251 e. The number of amides is 1. The van der Waals surface area contributed by atoms with Gasteiger partial charge in [0, 0.05) is 12.1 Å². The second-order valence-corrected chi connectivity index (χ2v) is 7.87. The summed E-state index contributed by atoms with van der Waals surface area (Å²) in [6.07, 6.45) is 3.11. The number of aryl methyl sites for hydroxylation is 1. The lowest BCUT2D eigenvalue weighted by molar-refractivity contribution is 0.0948. The number of benzene rings is 1. The van der Waals surface area contributed by atoms with E-state index in [1.807, 2.05) is 6.92 Å². The van der Waals surface area contributed by atoms with Crippen molar-refractivity contribution < 1.29 is 17.6 Å². The van der Waals surface area contributed by atoms with Gasteiger partial charge in [-0.2, -0.15) is 0 Å². The molecular formula is C17H20N2O4S. The van der Waals surface area contributed by atoms with Crippen LogP contribution < -0.4 is 9.62 Å². The van der Waals surface area contributed by atoms with Gasteiger partial charge in [-0.3, -0.25) is 9.10 Å². The number of hydrogen-bond acceptors (Lipinski definition) is 4. The first-order valence-electron chi connectivity index (χ1n) is 7.89. The molecule has 0 aliphatic carbocycles. The highest BCUT2D eigenvalue weighted by atomic mass is 32.2. The molecule has 0 atom stereocenters. The number of carbonyl (C=O) groups is 1. The van der Waals surface area contributed by atoms with Crippen LogP contribution in [0.25, 0.3) is 0 Å². The minimum Gasteiger partial charge on any atom is -0.467 e. The normalized spacial score (nSPS) is 16.8. The molecule has 7 heteroatoms. The van der Waals surface area contributed by atoms with Gasteiger partial charge in [-0.05, 0) is 55.7 Å². The van der Waals surface area contributed by atoms with Crippen LogP contribution in [0.3, 0.4) is 0 Å². The Balaban J connectivity index is 1.75. The first kappa shape index (κ1) is 16.6. The number of furan rings is 1. The summed E-state index contributed by atoms with van der Waals surface area (Å²) in [4.78, 5) is 12.2. The molecule has 1 aromatic carbocycles. The Hall–Kier alpha value is -2.28. The molecule has 2 heterocycles. The molecule has 24 heavy (non-hydrogen) atoms. The van der Waals surface area contributed by atoms with Crippen molar-refractivity contribution in [3.63, 3.8) is 0 Å². The van der Waals surface area contributed by atoms with Crippen LogP contribution in [0.15, 0.2) is 41.0 Å². The maximum absolute atomic E-state index is 12.2. The van der Waals surface area contributed by atoms with E-state index < -0.39 is 10.0 Å². The van der Waals surface area contributed by atoms with Gasteiger partial charge in [-0.15, -0.1) is 0 Å². The van der Waals surface area contributed by atoms with Gasteiger partial charge < -0.3 is 9.73 Å². The van der Waals surface area contributed by atoms with Crippen LogP contribution in [-0.4, -0.2) is 26.6 Å². The summed E-state index contributed by atoms with van der Waals surface area (Å²) in [5.41, 5.74) is 1.92. The third-order valence-electron chi connectivity index (χ3n) is 4.08. The summed E-state index contributed by atoms with van der Waals surface area (Å²) >= 11 is 0. The molecule has 0 spiro atoms. The van der Waals surface area contributed by atoms with Crippen molar-refractivity contribution in [3.8, 4) is 0 Å². The van der Waals surface area contributed by atoms with Crippen molar-refractivity contribution in [3.05, 3.63) is 53.5 Å². The van der Waals surface area contributed by atoms with Gasteiger partial charge in [0.1, 0.15) is 5.76 Å². The Morgan fingerprint density at radius 1 is 1.29 bits per heavy atom. The Morgan fingerprint density at radius 3 is 2.79 bits per heavy atom. The van der Waals surface area contributed by atoms with Crippen molar-refractivity contribution in [1.82, 2.24) is 5.32 Å². The van der Waals surface area contributed by atoms with Crippen LogP contribution in [0.2, 0.25) is 0 Å². The first-order chi connectivity index (χ1) is 11.5. The standard InChI is InChI=1S/C17H20N2O4S/c1-13-11-14(17(20)18-12-15-5-4-9-23-15)6-7-16(13)19-8-2-3-10-24(19,21)22/h4-7,9,11H,2-3,8,10,12H2,1H3,(H,18,20). The molecule has 1 amide bonds. The van der Waals surface area contributed by atoms with E-state index in [1.165, 1.54) is 4.31 Å². The minimum absolute atomic E-state index is 0.178. The molecule has 1 aromatic heterocycles. The molecule has 6 nitrogen and oxygen atoms in total. The Kier molecular flexibility index (Phi) is 4.62. The average Bonchev–Trinajstić information content (AvgIpc) is 3.06. The smallest absolute Gasteiger partial charge is 0.251 e. The summed E-state index contributed by atoms with van der Waals surface area (Å²) < 4.78 is 31.1. The van der Waals surface area contributed by atoms with Crippen LogP contribution in [0.5, 0.6) is 0 Å². The van der Waals surface area contributed by atoms with Gasteiger partial charge in [0.25, 0.3) is 5.91 Å². The molecule has 1 N–H and O–H groups in total. The molecule has 2 aromatic rings. The zero-order valence-corrected chi connectivity index (χ0v) is 14.3. The fourth-order valence-corrected chi connectivity index (χ4v) is 4.52. The van der Waals surface area contributed by atoms with Crippen LogP contribution >= 0.6 is 0 Å². The number of nitrogens with zero attached hydrogens (tertiary/aromatic N) is 1. The zero-order chi connectivity index (χ0) is 17.2. The van der Waals surface area contributed by atoms with E-state index in [9.17, 15) is 13.2 Å². The SMILES string of the molecule is Cc1cc(C(=O)NCc2ccco2)ccc1N1CCCCS1(=O)=O. The van der Waals surface area contributed by atoms with Gasteiger partial charge in [-0.25, -0.2) is 8.42 Å². The molecule has 1 saturated heterocycles. The van der Waals surface area contributed by atoms with Crippen LogP contribution in [-0.2, 0) is 16.6 Å². The molecular weight excluding hydrogens is 328 g/mol. The van der Waals surface area contributed by atoms with E-state index >= 15 is 0 Å². The second-order valence-electron chi connectivity index (χ2n) is 5.86. The highest BCUT2D eigenvalue weighted by Gasteiger charge is 2.27. The number of anilines is 1. The number of hydrogen-bond donors (Lipinski definition) is 1. The monoisotopic (exact) mass is 348 g/mol. The molecule has 1 aliphatic rings. The van der Waals surface area contributed by atoms with Gasteiger partial charge in [-0.1, -0.05) is 0 Å². The van der Waals surface area contributed by atoms with E-state index in [0.717, 1.165) is 12.0 Å². The molecule has 0 saturated carbocycles. The van der Waals surface area contributed by atoms with Crippen LogP contribution in [0, 0.1) is 6.92 Å². The predicted octanol–water partition coefficient (Wildman–Crippen LogP) is 2.45. The Morgan fingerprint density at radius 2 is 2.12 bits per heavy atom. The molecule has 3 rings (SSSR count). The summed E-state index contributed by atoms with van der Waals surface area (Å²) in [5, 5.41) is 2.78. The minimum atomic E-state index is -3.25. The maximum atomic E-state index is 12.2. The summed E-state index contributed by atoms with van der Waals surface area (Å²) in [5.74, 6) is 0.635.